The van der Waals surface area contributed by atoms with Crippen LogP contribution in [-0.2, 0) is 14.3 Å². The van der Waals surface area contributed by atoms with Crippen molar-refractivity contribution in [2.24, 2.45) is 0 Å². The van der Waals surface area contributed by atoms with Crippen molar-refractivity contribution in [3.05, 3.63) is 0 Å². The molecule has 2 atom stereocenters. The van der Waals surface area contributed by atoms with Gasteiger partial charge in [-0.2, -0.15) is 0 Å². The number of rotatable bonds is 6. The minimum atomic E-state index is -0.595. The fraction of sp³-hybridized carbons (Fsp3) is 0.867. The van der Waals surface area contributed by atoms with Crippen LogP contribution in [-0.4, -0.2) is 54.3 Å². The summed E-state index contributed by atoms with van der Waals surface area (Å²) in [6, 6.07) is -0.573. The monoisotopic (exact) mass is 315 g/mol. The Bertz CT molecular complexity index is 381. The van der Waals surface area contributed by atoms with Gasteiger partial charge in [0.15, 0.2) is 0 Å². The molecular formula is C15H29N3O4. The Kier molecular flexibility index (Phi) is 7.09. The molecule has 22 heavy (non-hydrogen) atoms. The summed E-state index contributed by atoms with van der Waals surface area (Å²) in [6.45, 7) is 10.9. The van der Waals surface area contributed by atoms with Crippen molar-refractivity contribution in [3.8, 4) is 0 Å². The molecule has 7 nitrogen and oxygen atoms in total. The zero-order valence-electron chi connectivity index (χ0n) is 14.3. The number of ether oxygens (including phenoxy) is 2. The van der Waals surface area contributed by atoms with Crippen LogP contribution in [0, 0.1) is 0 Å². The lowest BCUT2D eigenvalue weighted by Crippen LogP contribution is -2.51. The number of nitrogens with one attached hydrogen (secondary N) is 2. The van der Waals surface area contributed by atoms with Gasteiger partial charge in [0.1, 0.15) is 11.6 Å². The highest BCUT2D eigenvalue weighted by Crippen LogP contribution is 2.23. The highest BCUT2D eigenvalue weighted by molar-refractivity contribution is 5.86. The molecule has 2 N–H and O–H groups in total. The molecule has 1 rings (SSSR count). The Morgan fingerprint density at radius 1 is 1.27 bits per heavy atom. The van der Waals surface area contributed by atoms with Gasteiger partial charge in [0, 0.05) is 19.6 Å². The molecule has 1 aliphatic rings. The molecule has 0 unspecified atom stereocenters. The Morgan fingerprint density at radius 2 is 1.95 bits per heavy atom. The lowest BCUT2D eigenvalue weighted by Gasteiger charge is -2.27. The van der Waals surface area contributed by atoms with Crippen LogP contribution in [0.25, 0.3) is 0 Å². The molecule has 0 spiro atoms. The van der Waals surface area contributed by atoms with Crippen LogP contribution in [0.4, 0.5) is 4.79 Å². The number of hydrogen-bond acceptors (Lipinski definition) is 5. The first-order valence-corrected chi connectivity index (χ1v) is 7.92. The van der Waals surface area contributed by atoms with Gasteiger partial charge in [0.2, 0.25) is 0 Å². The van der Waals surface area contributed by atoms with Gasteiger partial charge < -0.3 is 9.47 Å². The maximum Gasteiger partial charge on any atom is 0.411 e. The van der Waals surface area contributed by atoms with E-state index in [1.54, 1.807) is 20.8 Å². The number of carbonyl (C=O) groups is 2. The van der Waals surface area contributed by atoms with Crippen LogP contribution in [0.5, 0.6) is 0 Å². The molecule has 0 aliphatic carbocycles. The molecule has 0 aromatic rings. The number of nitrogens with zero attached hydrogens (tertiary/aromatic N) is 1. The van der Waals surface area contributed by atoms with Crippen LogP contribution in [0.2, 0.25) is 0 Å². The fourth-order valence-corrected chi connectivity index (χ4v) is 2.28. The Morgan fingerprint density at radius 3 is 2.50 bits per heavy atom. The first-order chi connectivity index (χ1) is 10.3. The average Bonchev–Trinajstić information content (AvgIpc) is 2.81. The van der Waals surface area contributed by atoms with E-state index in [-0.39, 0.29) is 12.0 Å². The van der Waals surface area contributed by atoms with Crippen molar-refractivity contribution in [2.75, 3.05) is 19.7 Å². The first kappa shape index (κ1) is 18.7. The van der Waals surface area contributed by atoms with Gasteiger partial charge in [-0.1, -0.05) is 6.92 Å². The molecule has 0 bridgehead atoms. The topological polar surface area (TPSA) is 79.9 Å². The summed E-state index contributed by atoms with van der Waals surface area (Å²) in [6.07, 6.45) is 0.763. The number of hydrazine groups is 1. The second kappa shape index (κ2) is 8.33. The van der Waals surface area contributed by atoms with E-state index in [1.807, 2.05) is 13.8 Å². The zero-order chi connectivity index (χ0) is 16.8. The summed E-state index contributed by atoms with van der Waals surface area (Å²) in [5.41, 5.74) is 4.89. The Labute approximate surface area is 132 Å². The number of hydrogen-bond donors (Lipinski definition) is 2. The molecule has 1 heterocycles. The molecule has 2 amide bonds. The highest BCUT2D eigenvalue weighted by Gasteiger charge is 2.41. The Hall–Kier alpha value is -1.34. The van der Waals surface area contributed by atoms with Crippen molar-refractivity contribution in [1.82, 2.24) is 15.8 Å². The predicted molar refractivity (Wildman–Crippen MR) is 83.2 cm³/mol. The number of carbonyl (C=O) groups excluding carboxylic acids is 2. The molecule has 1 fully saturated rings. The van der Waals surface area contributed by atoms with E-state index in [1.165, 1.54) is 4.90 Å². The van der Waals surface area contributed by atoms with Crippen LogP contribution in [0.15, 0.2) is 0 Å². The number of amides is 2. The van der Waals surface area contributed by atoms with Gasteiger partial charge >= 0.3 is 6.09 Å². The second-order valence-electron chi connectivity index (χ2n) is 6.38. The third kappa shape index (κ3) is 5.81. The van der Waals surface area contributed by atoms with Gasteiger partial charge in [-0.3, -0.25) is 15.1 Å². The smallest absolute Gasteiger partial charge is 0.411 e. The second-order valence-corrected chi connectivity index (χ2v) is 6.38. The normalized spacial score (nSPS) is 21.8. The van der Waals surface area contributed by atoms with E-state index >= 15 is 0 Å². The van der Waals surface area contributed by atoms with Gasteiger partial charge in [0.25, 0.3) is 5.91 Å². The Balaban J connectivity index is 2.71. The molecule has 0 radical (unpaired) electrons. The summed E-state index contributed by atoms with van der Waals surface area (Å²) in [7, 11) is 0. The third-order valence-electron chi connectivity index (χ3n) is 3.18. The summed E-state index contributed by atoms with van der Waals surface area (Å²) in [5, 5.41) is 0. The molecule has 0 saturated carbocycles. The maximum atomic E-state index is 12.3. The maximum absolute atomic E-state index is 12.3. The van der Waals surface area contributed by atoms with E-state index in [2.05, 4.69) is 10.9 Å². The van der Waals surface area contributed by atoms with E-state index in [4.69, 9.17) is 9.47 Å². The van der Waals surface area contributed by atoms with Gasteiger partial charge in [-0.25, -0.2) is 10.2 Å². The van der Waals surface area contributed by atoms with Crippen LogP contribution in [0.3, 0.4) is 0 Å². The molecular weight excluding hydrogens is 286 g/mol. The lowest BCUT2D eigenvalue weighted by molar-refractivity contribution is -0.126. The molecule has 1 saturated heterocycles. The van der Waals surface area contributed by atoms with Crippen LogP contribution < -0.4 is 10.9 Å². The summed E-state index contributed by atoms with van der Waals surface area (Å²) < 4.78 is 11.0. The highest BCUT2D eigenvalue weighted by atomic mass is 16.6. The SMILES string of the molecule is CCCNNC(=O)[C@@H]1C[C@@H](OCC)CN1C(=O)OC(C)(C)C. The van der Waals surface area contributed by atoms with Gasteiger partial charge in [-0.15, -0.1) is 0 Å². The van der Waals surface area contributed by atoms with Gasteiger partial charge in [0.05, 0.1) is 12.6 Å². The molecule has 1 aliphatic heterocycles. The zero-order valence-corrected chi connectivity index (χ0v) is 14.3. The van der Waals surface area contributed by atoms with Crippen LogP contribution >= 0.6 is 0 Å². The summed E-state index contributed by atoms with van der Waals surface area (Å²) in [4.78, 5) is 26.0. The van der Waals surface area contributed by atoms with E-state index < -0.39 is 17.7 Å². The molecule has 128 valence electrons. The standard InChI is InChI=1S/C15H29N3O4/c1-6-8-16-17-13(19)12-9-11(21-7-2)10-18(12)14(20)22-15(3,4)5/h11-12,16H,6-10H2,1-5H3,(H,17,19)/t11-,12+/m1/s1. The van der Waals surface area contributed by atoms with Crippen molar-refractivity contribution in [3.63, 3.8) is 0 Å². The quantitative estimate of drug-likeness (QED) is 0.572. The van der Waals surface area contributed by atoms with Crippen molar-refractivity contribution in [2.45, 2.75) is 65.2 Å². The third-order valence-corrected chi connectivity index (χ3v) is 3.18. The predicted octanol–water partition coefficient (Wildman–Crippen LogP) is 1.43. The van der Waals surface area contributed by atoms with Crippen molar-refractivity contribution >= 4 is 12.0 Å². The largest absolute Gasteiger partial charge is 0.444 e. The van der Waals surface area contributed by atoms with Crippen LogP contribution in [0.1, 0.15) is 47.5 Å². The molecule has 0 aromatic heterocycles. The van der Waals surface area contributed by atoms with E-state index in [0.717, 1.165) is 6.42 Å². The summed E-state index contributed by atoms with van der Waals surface area (Å²) in [5.74, 6) is -0.235. The molecule has 7 heteroatoms. The number of likely N-dealkylation sites (tertiary alicyclic amines) is 1. The first-order valence-electron chi connectivity index (χ1n) is 7.92. The summed E-state index contributed by atoms with van der Waals surface area (Å²) >= 11 is 0. The minimum Gasteiger partial charge on any atom is -0.444 e. The van der Waals surface area contributed by atoms with Gasteiger partial charge in [-0.05, 0) is 34.1 Å². The minimum absolute atomic E-state index is 0.139. The average molecular weight is 315 g/mol. The fourth-order valence-electron chi connectivity index (χ4n) is 2.28. The lowest BCUT2D eigenvalue weighted by atomic mass is 10.2. The molecule has 0 aromatic carbocycles. The van der Waals surface area contributed by atoms with Crippen molar-refractivity contribution < 1.29 is 19.1 Å². The van der Waals surface area contributed by atoms with Crippen molar-refractivity contribution in [1.29, 1.82) is 0 Å². The van der Waals surface area contributed by atoms with E-state index in [0.29, 0.717) is 26.1 Å². The van der Waals surface area contributed by atoms with E-state index in [9.17, 15) is 9.59 Å².